The zero-order valence-electron chi connectivity index (χ0n) is 10.6. The summed E-state index contributed by atoms with van der Waals surface area (Å²) < 4.78 is 5.39. The van der Waals surface area contributed by atoms with Crippen LogP contribution in [0.25, 0.3) is 0 Å². The summed E-state index contributed by atoms with van der Waals surface area (Å²) in [6.07, 6.45) is 0.431. The summed E-state index contributed by atoms with van der Waals surface area (Å²) >= 11 is 11.7. The monoisotopic (exact) mass is 302 g/mol. The smallest absolute Gasteiger partial charge is 0.411 e. The van der Waals surface area contributed by atoms with Gasteiger partial charge in [0.2, 0.25) is 0 Å². The highest BCUT2D eigenvalue weighted by molar-refractivity contribution is 6.42. The van der Waals surface area contributed by atoms with Crippen LogP contribution < -0.4 is 10.6 Å². The molecule has 104 valence electrons. The molecule has 0 aliphatic carbocycles. The van der Waals surface area contributed by atoms with E-state index in [9.17, 15) is 4.79 Å². The van der Waals surface area contributed by atoms with Crippen molar-refractivity contribution in [2.24, 2.45) is 5.92 Å². The molecule has 0 bridgehead atoms. The molecule has 2 N–H and O–H groups in total. The maximum absolute atomic E-state index is 11.8. The minimum atomic E-state index is -0.473. The van der Waals surface area contributed by atoms with Crippen LogP contribution in [0.4, 0.5) is 10.5 Å². The molecule has 1 amide bonds. The van der Waals surface area contributed by atoms with E-state index in [0.717, 1.165) is 13.0 Å². The molecular formula is C13H16Cl2N2O2. The van der Waals surface area contributed by atoms with Crippen molar-refractivity contribution in [1.29, 1.82) is 0 Å². The van der Waals surface area contributed by atoms with Gasteiger partial charge in [-0.2, -0.15) is 0 Å². The highest BCUT2D eigenvalue weighted by atomic mass is 35.5. The van der Waals surface area contributed by atoms with Crippen molar-refractivity contribution in [3.8, 4) is 0 Å². The molecule has 1 aliphatic rings. The van der Waals surface area contributed by atoms with Crippen LogP contribution >= 0.6 is 23.2 Å². The van der Waals surface area contributed by atoms with Crippen molar-refractivity contribution in [3.05, 3.63) is 28.2 Å². The Hall–Kier alpha value is -0.970. The Morgan fingerprint density at radius 1 is 1.42 bits per heavy atom. The first-order valence-electron chi connectivity index (χ1n) is 6.19. The van der Waals surface area contributed by atoms with Crippen LogP contribution in [0.2, 0.25) is 10.0 Å². The van der Waals surface area contributed by atoms with E-state index in [-0.39, 0.29) is 6.10 Å². The van der Waals surface area contributed by atoms with Crippen LogP contribution in [0.5, 0.6) is 0 Å². The quantitative estimate of drug-likeness (QED) is 0.878. The van der Waals surface area contributed by atoms with Crippen LogP contribution in [0, 0.1) is 5.92 Å². The number of hydrogen-bond donors (Lipinski definition) is 2. The summed E-state index contributed by atoms with van der Waals surface area (Å²) in [6, 6.07) is 4.90. The summed E-state index contributed by atoms with van der Waals surface area (Å²) in [4.78, 5) is 11.8. The topological polar surface area (TPSA) is 50.4 Å². The lowest BCUT2D eigenvalue weighted by Gasteiger charge is -2.29. The lowest BCUT2D eigenvalue weighted by molar-refractivity contribution is 0.0614. The highest BCUT2D eigenvalue weighted by Gasteiger charge is 2.24. The molecule has 0 aromatic heterocycles. The fourth-order valence-electron chi connectivity index (χ4n) is 1.98. The minimum Gasteiger partial charge on any atom is -0.444 e. The maximum Gasteiger partial charge on any atom is 0.411 e. The molecule has 2 unspecified atom stereocenters. The predicted octanol–water partition coefficient (Wildman–Crippen LogP) is 3.54. The predicted molar refractivity (Wildman–Crippen MR) is 77.0 cm³/mol. The fourth-order valence-corrected chi connectivity index (χ4v) is 2.28. The molecule has 1 fully saturated rings. The lowest BCUT2D eigenvalue weighted by atomic mass is 9.97. The summed E-state index contributed by atoms with van der Waals surface area (Å²) in [7, 11) is 0. The van der Waals surface area contributed by atoms with E-state index in [1.165, 1.54) is 0 Å². The number of benzene rings is 1. The average Bonchev–Trinajstić information content (AvgIpc) is 2.37. The second-order valence-electron chi connectivity index (χ2n) is 4.67. The second kappa shape index (κ2) is 6.46. The Kier molecular flexibility index (Phi) is 4.91. The van der Waals surface area contributed by atoms with E-state index in [2.05, 4.69) is 17.6 Å². The summed E-state index contributed by atoms with van der Waals surface area (Å²) in [5, 5.41) is 6.70. The molecule has 2 atom stereocenters. The van der Waals surface area contributed by atoms with Crippen LogP contribution in [-0.2, 0) is 4.74 Å². The van der Waals surface area contributed by atoms with E-state index < -0.39 is 6.09 Å². The van der Waals surface area contributed by atoms with Gasteiger partial charge < -0.3 is 10.1 Å². The molecule has 4 nitrogen and oxygen atoms in total. The fraction of sp³-hybridized carbons (Fsp3) is 0.462. The molecule has 1 aromatic rings. The molecule has 1 aliphatic heterocycles. The van der Waals surface area contributed by atoms with Gasteiger partial charge in [0.05, 0.1) is 10.0 Å². The van der Waals surface area contributed by atoms with Gasteiger partial charge in [-0.05, 0) is 37.1 Å². The molecule has 19 heavy (non-hydrogen) atoms. The molecule has 6 heteroatoms. The van der Waals surface area contributed by atoms with Gasteiger partial charge in [0, 0.05) is 12.2 Å². The number of carbonyl (C=O) groups excluding carboxylic acids is 1. The average molecular weight is 303 g/mol. The Morgan fingerprint density at radius 2 is 2.21 bits per heavy atom. The zero-order valence-corrected chi connectivity index (χ0v) is 12.1. The molecular weight excluding hydrogens is 287 g/mol. The van der Waals surface area contributed by atoms with Crippen LogP contribution in [0.1, 0.15) is 13.3 Å². The minimum absolute atomic E-state index is 0.100. The molecule has 0 saturated carbocycles. The number of nitrogens with one attached hydrogen (secondary N) is 2. The van der Waals surface area contributed by atoms with E-state index in [4.69, 9.17) is 27.9 Å². The summed E-state index contributed by atoms with van der Waals surface area (Å²) in [5.41, 5.74) is 0.566. The summed E-state index contributed by atoms with van der Waals surface area (Å²) in [6.45, 7) is 3.74. The van der Waals surface area contributed by atoms with Crippen molar-refractivity contribution >= 4 is 35.0 Å². The number of carbonyl (C=O) groups is 1. The Balaban J connectivity index is 1.91. The number of amides is 1. The van der Waals surface area contributed by atoms with Crippen molar-refractivity contribution < 1.29 is 9.53 Å². The molecule has 1 saturated heterocycles. The normalized spacial score (nSPS) is 22.9. The number of rotatable bonds is 2. The molecule has 2 rings (SSSR count). The van der Waals surface area contributed by atoms with E-state index in [1.807, 2.05) is 0 Å². The van der Waals surface area contributed by atoms with Crippen molar-refractivity contribution in [1.82, 2.24) is 5.32 Å². The first kappa shape index (κ1) is 14.4. The lowest BCUT2D eigenvalue weighted by Crippen LogP contribution is -2.42. The largest absolute Gasteiger partial charge is 0.444 e. The third kappa shape index (κ3) is 4.00. The standard InChI is InChI=1S/C13H16Cl2N2O2/c1-8-4-5-16-7-12(8)19-13(18)17-9-2-3-10(14)11(15)6-9/h2-3,6,8,12,16H,4-5,7H2,1H3,(H,17,18). The number of anilines is 1. The van der Waals surface area contributed by atoms with Gasteiger partial charge >= 0.3 is 6.09 Å². The second-order valence-corrected chi connectivity index (χ2v) is 5.48. The number of ether oxygens (including phenoxy) is 1. The molecule has 1 aromatic carbocycles. The molecule has 0 spiro atoms. The van der Waals surface area contributed by atoms with E-state index in [1.54, 1.807) is 18.2 Å². The van der Waals surface area contributed by atoms with E-state index >= 15 is 0 Å². The van der Waals surface area contributed by atoms with E-state index in [0.29, 0.717) is 28.2 Å². The molecule has 0 radical (unpaired) electrons. The van der Waals surface area contributed by atoms with Gasteiger partial charge in [-0.1, -0.05) is 30.1 Å². The number of piperidine rings is 1. The van der Waals surface area contributed by atoms with Crippen molar-refractivity contribution in [3.63, 3.8) is 0 Å². The van der Waals surface area contributed by atoms with Gasteiger partial charge in [-0.3, -0.25) is 5.32 Å². The van der Waals surface area contributed by atoms with Gasteiger partial charge in [0.25, 0.3) is 0 Å². The Bertz CT molecular complexity index is 468. The first-order valence-corrected chi connectivity index (χ1v) is 6.95. The Labute approximate surface area is 122 Å². The maximum atomic E-state index is 11.8. The number of halogens is 2. The first-order chi connectivity index (χ1) is 9.06. The highest BCUT2D eigenvalue weighted by Crippen LogP contribution is 2.25. The van der Waals surface area contributed by atoms with Gasteiger partial charge in [-0.25, -0.2) is 4.79 Å². The Morgan fingerprint density at radius 3 is 2.89 bits per heavy atom. The molecule has 1 heterocycles. The SMILES string of the molecule is CC1CCNCC1OC(=O)Nc1ccc(Cl)c(Cl)c1. The third-order valence-electron chi connectivity index (χ3n) is 3.18. The zero-order chi connectivity index (χ0) is 13.8. The van der Waals surface area contributed by atoms with Crippen LogP contribution in [0.3, 0.4) is 0 Å². The van der Waals surface area contributed by atoms with Crippen molar-refractivity contribution in [2.45, 2.75) is 19.4 Å². The summed E-state index contributed by atoms with van der Waals surface area (Å²) in [5.74, 6) is 0.362. The van der Waals surface area contributed by atoms with Crippen LogP contribution in [0.15, 0.2) is 18.2 Å². The van der Waals surface area contributed by atoms with Gasteiger partial charge in [-0.15, -0.1) is 0 Å². The number of hydrogen-bond acceptors (Lipinski definition) is 3. The third-order valence-corrected chi connectivity index (χ3v) is 3.92. The van der Waals surface area contributed by atoms with Crippen molar-refractivity contribution in [2.75, 3.05) is 18.4 Å². The van der Waals surface area contributed by atoms with Gasteiger partial charge in [0.15, 0.2) is 0 Å². The van der Waals surface area contributed by atoms with Gasteiger partial charge in [0.1, 0.15) is 6.10 Å². The van der Waals surface area contributed by atoms with Crippen LogP contribution in [-0.4, -0.2) is 25.3 Å².